The van der Waals surface area contributed by atoms with Crippen LogP contribution in [-0.4, -0.2) is 23.0 Å². The number of hydrogen-bond acceptors (Lipinski definition) is 2. The molecule has 0 aromatic rings. The second-order valence-electron chi connectivity index (χ2n) is 6.12. The number of thioether (sulfide) groups is 1. The van der Waals surface area contributed by atoms with Gasteiger partial charge in [0.2, 0.25) is 0 Å². The van der Waals surface area contributed by atoms with Gasteiger partial charge in [-0.1, -0.05) is 44.9 Å². The van der Waals surface area contributed by atoms with Gasteiger partial charge in [-0.25, -0.2) is 0 Å². The summed E-state index contributed by atoms with van der Waals surface area (Å²) >= 11 is 1.95. The van der Waals surface area contributed by atoms with E-state index in [4.69, 9.17) is 4.99 Å². The summed E-state index contributed by atoms with van der Waals surface area (Å²) in [4.78, 5) is 4.73. The Kier molecular flexibility index (Phi) is 5.40. The van der Waals surface area contributed by atoms with Crippen LogP contribution in [0.1, 0.15) is 65.2 Å². The summed E-state index contributed by atoms with van der Waals surface area (Å²) in [5.41, 5.74) is 0.402. The highest BCUT2D eigenvalue weighted by molar-refractivity contribution is 8.14. The van der Waals surface area contributed by atoms with Crippen molar-refractivity contribution in [3.8, 4) is 0 Å². The van der Waals surface area contributed by atoms with E-state index in [-0.39, 0.29) is 0 Å². The molecule has 1 saturated carbocycles. The van der Waals surface area contributed by atoms with Crippen LogP contribution in [0.5, 0.6) is 0 Å². The maximum absolute atomic E-state index is 4.73. The topological polar surface area (TPSA) is 24.4 Å². The minimum absolute atomic E-state index is 0.402. The molecule has 1 heterocycles. The quantitative estimate of drug-likeness (QED) is 0.755. The zero-order valence-corrected chi connectivity index (χ0v) is 12.8. The zero-order chi connectivity index (χ0) is 12.8. The van der Waals surface area contributed by atoms with Crippen LogP contribution in [0.3, 0.4) is 0 Å². The third kappa shape index (κ3) is 3.91. The van der Waals surface area contributed by atoms with Crippen molar-refractivity contribution in [2.75, 3.05) is 12.3 Å². The maximum atomic E-state index is 4.73. The van der Waals surface area contributed by atoms with Crippen molar-refractivity contribution >= 4 is 16.9 Å². The van der Waals surface area contributed by atoms with E-state index < -0.39 is 0 Å². The molecule has 0 radical (unpaired) electrons. The Balaban J connectivity index is 1.72. The minimum Gasteiger partial charge on any atom is -0.359 e. The lowest BCUT2D eigenvalue weighted by molar-refractivity contribution is 0.251. The Morgan fingerprint density at radius 2 is 2.06 bits per heavy atom. The minimum atomic E-state index is 0.402. The molecule has 18 heavy (non-hydrogen) atoms. The Hall–Kier alpha value is -0.180. The molecular weight excluding hydrogens is 240 g/mol. The van der Waals surface area contributed by atoms with Crippen LogP contribution in [0.25, 0.3) is 0 Å². The maximum Gasteiger partial charge on any atom is 0.157 e. The third-order valence-corrected chi connectivity index (χ3v) is 5.56. The lowest BCUT2D eigenvalue weighted by Crippen LogP contribution is -2.46. The van der Waals surface area contributed by atoms with E-state index in [0.29, 0.717) is 5.54 Å². The Labute approximate surface area is 116 Å². The van der Waals surface area contributed by atoms with E-state index >= 15 is 0 Å². The summed E-state index contributed by atoms with van der Waals surface area (Å²) in [5, 5.41) is 4.95. The number of hydrogen-bond donors (Lipinski definition) is 1. The standard InChI is InChI=1S/C15H28N2S/c1-3-4-5-6-11-16-14-17-15(12-18-14)9-7-13(2)8-10-15/h13H,3-12H2,1-2H3,(H,16,17). The number of aliphatic imine (C=N–C) groups is 1. The van der Waals surface area contributed by atoms with Crippen LogP contribution in [0, 0.1) is 5.92 Å². The van der Waals surface area contributed by atoms with E-state index in [9.17, 15) is 0 Å². The van der Waals surface area contributed by atoms with Crippen molar-refractivity contribution in [3.05, 3.63) is 0 Å². The van der Waals surface area contributed by atoms with Crippen LogP contribution >= 0.6 is 11.8 Å². The van der Waals surface area contributed by atoms with Crippen molar-refractivity contribution < 1.29 is 0 Å². The summed E-state index contributed by atoms with van der Waals surface area (Å²) in [7, 11) is 0. The zero-order valence-electron chi connectivity index (χ0n) is 12.0. The molecule has 2 nitrogen and oxygen atoms in total. The first-order valence-corrected chi connectivity index (χ1v) is 8.68. The number of unbranched alkanes of at least 4 members (excludes halogenated alkanes) is 3. The van der Waals surface area contributed by atoms with Crippen molar-refractivity contribution in [2.45, 2.75) is 70.8 Å². The Morgan fingerprint density at radius 3 is 2.78 bits per heavy atom. The highest BCUT2D eigenvalue weighted by Crippen LogP contribution is 2.38. The van der Waals surface area contributed by atoms with Gasteiger partial charge in [-0.05, 0) is 38.0 Å². The van der Waals surface area contributed by atoms with Gasteiger partial charge in [0, 0.05) is 17.8 Å². The summed E-state index contributed by atoms with van der Waals surface area (Å²) < 4.78 is 0. The SMILES string of the molecule is CCCCCCN=C1NC2(CCC(C)CC2)CS1. The molecule has 0 aromatic carbocycles. The van der Waals surface area contributed by atoms with Crippen LogP contribution in [0.15, 0.2) is 4.99 Å². The normalized spacial score (nSPS) is 34.1. The predicted octanol–water partition coefficient (Wildman–Crippen LogP) is 4.21. The lowest BCUT2D eigenvalue weighted by atomic mass is 9.78. The first kappa shape index (κ1) is 14.2. The predicted molar refractivity (Wildman–Crippen MR) is 82.4 cm³/mol. The first-order valence-electron chi connectivity index (χ1n) is 7.69. The number of rotatable bonds is 5. The first-order chi connectivity index (χ1) is 8.74. The van der Waals surface area contributed by atoms with Gasteiger partial charge in [0.05, 0.1) is 0 Å². The highest BCUT2D eigenvalue weighted by atomic mass is 32.2. The van der Waals surface area contributed by atoms with Gasteiger partial charge >= 0.3 is 0 Å². The average molecular weight is 268 g/mol. The summed E-state index contributed by atoms with van der Waals surface area (Å²) in [6.07, 6.45) is 10.7. The number of nitrogens with one attached hydrogen (secondary N) is 1. The van der Waals surface area contributed by atoms with E-state index in [0.717, 1.165) is 12.5 Å². The fraction of sp³-hybridized carbons (Fsp3) is 0.933. The van der Waals surface area contributed by atoms with Crippen molar-refractivity contribution in [1.82, 2.24) is 5.32 Å². The van der Waals surface area contributed by atoms with Gasteiger partial charge in [0.25, 0.3) is 0 Å². The van der Waals surface area contributed by atoms with Gasteiger partial charge in [-0.3, -0.25) is 4.99 Å². The molecule has 2 fully saturated rings. The number of amidine groups is 1. The Bertz CT molecular complexity index is 280. The molecule has 2 rings (SSSR count). The molecule has 0 aromatic heterocycles. The van der Waals surface area contributed by atoms with E-state index in [2.05, 4.69) is 19.2 Å². The second kappa shape index (κ2) is 6.83. The van der Waals surface area contributed by atoms with E-state index in [1.54, 1.807) is 0 Å². The molecule has 1 spiro atoms. The molecule has 1 aliphatic heterocycles. The van der Waals surface area contributed by atoms with Crippen LogP contribution < -0.4 is 5.32 Å². The van der Waals surface area contributed by atoms with Gasteiger partial charge in [0.1, 0.15) is 0 Å². The fourth-order valence-corrected chi connectivity index (χ4v) is 4.14. The molecule has 0 atom stereocenters. The summed E-state index contributed by atoms with van der Waals surface area (Å²) in [5.74, 6) is 2.17. The molecule has 104 valence electrons. The van der Waals surface area contributed by atoms with Crippen LogP contribution in [0.4, 0.5) is 0 Å². The van der Waals surface area contributed by atoms with Crippen molar-refractivity contribution in [3.63, 3.8) is 0 Å². The van der Waals surface area contributed by atoms with Crippen molar-refractivity contribution in [2.24, 2.45) is 10.9 Å². The molecule has 1 saturated heterocycles. The third-order valence-electron chi connectivity index (χ3n) is 4.36. The smallest absolute Gasteiger partial charge is 0.157 e. The van der Waals surface area contributed by atoms with Gasteiger partial charge < -0.3 is 5.32 Å². The Morgan fingerprint density at radius 1 is 1.28 bits per heavy atom. The summed E-state index contributed by atoms with van der Waals surface area (Å²) in [6.45, 7) is 5.66. The monoisotopic (exact) mass is 268 g/mol. The molecule has 2 aliphatic rings. The van der Waals surface area contributed by atoms with Crippen molar-refractivity contribution in [1.29, 1.82) is 0 Å². The molecule has 0 amide bonds. The van der Waals surface area contributed by atoms with Crippen LogP contribution in [-0.2, 0) is 0 Å². The average Bonchev–Trinajstić information content (AvgIpc) is 2.77. The molecular formula is C15H28N2S. The number of nitrogens with zero attached hydrogens (tertiary/aromatic N) is 1. The largest absolute Gasteiger partial charge is 0.359 e. The lowest BCUT2D eigenvalue weighted by Gasteiger charge is -2.35. The van der Waals surface area contributed by atoms with Gasteiger partial charge in [-0.2, -0.15) is 0 Å². The fourth-order valence-electron chi connectivity index (χ4n) is 2.89. The second-order valence-corrected chi connectivity index (χ2v) is 7.09. The molecule has 1 aliphatic carbocycles. The summed E-state index contributed by atoms with van der Waals surface area (Å²) in [6, 6.07) is 0. The highest BCUT2D eigenvalue weighted by Gasteiger charge is 2.39. The van der Waals surface area contributed by atoms with Gasteiger partial charge in [-0.15, -0.1) is 0 Å². The molecule has 3 heteroatoms. The molecule has 0 unspecified atom stereocenters. The van der Waals surface area contributed by atoms with E-state index in [1.165, 1.54) is 62.3 Å². The molecule has 1 N–H and O–H groups in total. The molecule has 0 bridgehead atoms. The van der Waals surface area contributed by atoms with Gasteiger partial charge in [0.15, 0.2) is 5.17 Å². The van der Waals surface area contributed by atoms with Crippen LogP contribution in [0.2, 0.25) is 0 Å². The van der Waals surface area contributed by atoms with E-state index in [1.807, 2.05) is 11.8 Å².